The van der Waals surface area contributed by atoms with Crippen LogP contribution in [0.5, 0.6) is 5.75 Å². The second-order valence-corrected chi connectivity index (χ2v) is 6.21. The van der Waals surface area contributed by atoms with E-state index in [0.717, 1.165) is 5.56 Å². The van der Waals surface area contributed by atoms with Crippen LogP contribution in [0.15, 0.2) is 30.9 Å². The van der Waals surface area contributed by atoms with Crippen LogP contribution in [0, 0.1) is 20.8 Å². The average Bonchev–Trinajstić information content (AvgIpc) is 2.86. The zero-order valence-corrected chi connectivity index (χ0v) is 16.5. The number of anilines is 1. The Hall–Kier alpha value is -3.02. The Bertz CT molecular complexity index is 881. The van der Waals surface area contributed by atoms with Crippen LogP contribution in [0.1, 0.15) is 44.6 Å². The predicted molar refractivity (Wildman–Crippen MR) is 106 cm³/mol. The van der Waals surface area contributed by atoms with Crippen molar-refractivity contribution in [2.45, 2.75) is 34.2 Å². The Morgan fingerprint density at radius 2 is 1.96 bits per heavy atom. The van der Waals surface area contributed by atoms with Gasteiger partial charge in [-0.05, 0) is 51.0 Å². The van der Waals surface area contributed by atoms with Gasteiger partial charge in [0.15, 0.2) is 0 Å². The Morgan fingerprint density at radius 3 is 2.56 bits per heavy atom. The van der Waals surface area contributed by atoms with Crippen LogP contribution in [-0.2, 0) is 11.3 Å². The lowest BCUT2D eigenvalue weighted by Crippen LogP contribution is -2.15. The molecular formula is C21H26N2O4. The second-order valence-electron chi connectivity index (χ2n) is 6.21. The number of aryl methyl sites for hydroxylation is 1. The van der Waals surface area contributed by atoms with E-state index < -0.39 is 5.97 Å². The highest BCUT2D eigenvalue weighted by atomic mass is 16.5. The number of benzene rings is 1. The van der Waals surface area contributed by atoms with E-state index in [4.69, 9.17) is 9.47 Å². The molecule has 0 aliphatic rings. The first-order valence-corrected chi connectivity index (χ1v) is 8.79. The minimum absolute atomic E-state index is 0.263. The maximum atomic E-state index is 13.0. The largest absolute Gasteiger partial charge is 0.495 e. The van der Waals surface area contributed by atoms with Gasteiger partial charge in [0.05, 0.1) is 25.0 Å². The number of hydrogen-bond acceptors (Lipinski definition) is 4. The van der Waals surface area contributed by atoms with E-state index >= 15 is 0 Å². The molecule has 6 heteroatoms. The minimum Gasteiger partial charge on any atom is -0.495 e. The molecule has 0 saturated heterocycles. The van der Waals surface area contributed by atoms with Gasteiger partial charge in [0.25, 0.3) is 5.91 Å². The molecular weight excluding hydrogens is 344 g/mol. The number of amides is 1. The van der Waals surface area contributed by atoms with E-state index in [1.165, 1.54) is 0 Å². The van der Waals surface area contributed by atoms with E-state index in [1.807, 2.05) is 26.0 Å². The molecule has 144 valence electrons. The first-order chi connectivity index (χ1) is 12.8. The van der Waals surface area contributed by atoms with Crippen LogP contribution in [-0.4, -0.2) is 30.2 Å². The fourth-order valence-corrected chi connectivity index (χ4v) is 3.15. The molecule has 0 fully saturated rings. The standard InChI is InChI=1S/C21H26N2O4/c1-7-11-23-15(5)18(14(4)19(23)21(25)27-8-2)20(24)22-16-12-13(3)9-10-17(16)26-6/h7,9-10,12H,1,8,11H2,2-6H3,(H,22,24). The van der Waals surface area contributed by atoms with Crippen molar-refractivity contribution in [2.24, 2.45) is 0 Å². The quantitative estimate of drug-likeness (QED) is 0.590. The lowest BCUT2D eigenvalue weighted by Gasteiger charge is -2.12. The van der Waals surface area contributed by atoms with Gasteiger partial charge < -0.3 is 19.4 Å². The fourth-order valence-electron chi connectivity index (χ4n) is 3.15. The number of aromatic nitrogens is 1. The van der Waals surface area contributed by atoms with E-state index in [-0.39, 0.29) is 12.5 Å². The highest BCUT2D eigenvalue weighted by Crippen LogP contribution is 2.28. The molecule has 2 rings (SSSR count). The summed E-state index contributed by atoms with van der Waals surface area (Å²) in [7, 11) is 1.55. The summed E-state index contributed by atoms with van der Waals surface area (Å²) in [5, 5.41) is 2.90. The molecule has 0 bridgehead atoms. The van der Waals surface area contributed by atoms with Gasteiger partial charge in [-0.25, -0.2) is 4.79 Å². The normalized spacial score (nSPS) is 10.4. The summed E-state index contributed by atoms with van der Waals surface area (Å²) in [6.45, 7) is 11.6. The molecule has 1 heterocycles. The molecule has 1 aromatic carbocycles. The Kier molecular flexibility index (Phi) is 6.45. The molecule has 0 spiro atoms. The molecule has 1 N–H and O–H groups in total. The lowest BCUT2D eigenvalue weighted by molar-refractivity contribution is 0.0513. The van der Waals surface area contributed by atoms with Crippen molar-refractivity contribution in [2.75, 3.05) is 19.0 Å². The molecule has 0 aliphatic heterocycles. The minimum atomic E-state index is -0.452. The second kappa shape index (κ2) is 8.58. The summed E-state index contributed by atoms with van der Waals surface area (Å²) >= 11 is 0. The van der Waals surface area contributed by atoms with Gasteiger partial charge in [0.1, 0.15) is 11.4 Å². The summed E-state index contributed by atoms with van der Waals surface area (Å²) in [6.07, 6.45) is 1.68. The van der Waals surface area contributed by atoms with Crippen molar-refractivity contribution < 1.29 is 19.1 Å². The lowest BCUT2D eigenvalue weighted by atomic mass is 10.1. The number of carbonyl (C=O) groups excluding carboxylic acids is 2. The van der Waals surface area contributed by atoms with Gasteiger partial charge in [-0.15, -0.1) is 6.58 Å². The number of ether oxygens (including phenoxy) is 2. The fraction of sp³-hybridized carbons (Fsp3) is 0.333. The number of esters is 1. The monoisotopic (exact) mass is 370 g/mol. The zero-order chi connectivity index (χ0) is 20.1. The van der Waals surface area contributed by atoms with Gasteiger partial charge in [-0.2, -0.15) is 0 Å². The van der Waals surface area contributed by atoms with Crippen LogP contribution in [0.4, 0.5) is 5.69 Å². The Labute approximate surface area is 159 Å². The van der Waals surface area contributed by atoms with E-state index in [2.05, 4.69) is 11.9 Å². The molecule has 1 amide bonds. The first-order valence-electron chi connectivity index (χ1n) is 8.79. The number of rotatable bonds is 7. The van der Waals surface area contributed by atoms with Crippen molar-refractivity contribution in [1.82, 2.24) is 4.57 Å². The third-order valence-electron chi connectivity index (χ3n) is 4.38. The number of allylic oxidation sites excluding steroid dienone is 1. The molecule has 0 aliphatic carbocycles. The summed E-state index contributed by atoms with van der Waals surface area (Å²) in [6, 6.07) is 5.55. The van der Waals surface area contributed by atoms with Gasteiger partial charge in [0, 0.05) is 12.2 Å². The van der Waals surface area contributed by atoms with E-state index in [9.17, 15) is 9.59 Å². The van der Waals surface area contributed by atoms with Crippen LogP contribution in [0.25, 0.3) is 0 Å². The molecule has 27 heavy (non-hydrogen) atoms. The number of methoxy groups -OCH3 is 1. The maximum Gasteiger partial charge on any atom is 0.355 e. The van der Waals surface area contributed by atoms with E-state index in [1.54, 1.807) is 37.7 Å². The highest BCUT2D eigenvalue weighted by molar-refractivity contribution is 6.09. The highest BCUT2D eigenvalue weighted by Gasteiger charge is 2.27. The van der Waals surface area contributed by atoms with Crippen molar-refractivity contribution in [1.29, 1.82) is 0 Å². The third kappa shape index (κ3) is 4.05. The predicted octanol–water partition coefficient (Wildman–Crippen LogP) is 4.04. The van der Waals surface area contributed by atoms with Gasteiger partial charge >= 0.3 is 5.97 Å². The van der Waals surface area contributed by atoms with Crippen molar-refractivity contribution in [3.8, 4) is 5.75 Å². The number of nitrogens with zero attached hydrogens (tertiary/aromatic N) is 1. The van der Waals surface area contributed by atoms with Crippen molar-refractivity contribution >= 4 is 17.6 Å². The number of carbonyl (C=O) groups is 2. The number of nitrogens with one attached hydrogen (secondary N) is 1. The third-order valence-corrected chi connectivity index (χ3v) is 4.38. The van der Waals surface area contributed by atoms with Crippen LogP contribution in [0.3, 0.4) is 0 Å². The summed E-state index contributed by atoms with van der Waals surface area (Å²) in [5.41, 5.74) is 3.65. The average molecular weight is 370 g/mol. The topological polar surface area (TPSA) is 69.6 Å². The van der Waals surface area contributed by atoms with Gasteiger partial charge in [0.2, 0.25) is 0 Å². The Balaban J connectivity index is 2.50. The number of hydrogen-bond donors (Lipinski definition) is 1. The molecule has 0 unspecified atom stereocenters. The molecule has 6 nitrogen and oxygen atoms in total. The maximum absolute atomic E-state index is 13.0. The van der Waals surface area contributed by atoms with Gasteiger partial charge in [-0.1, -0.05) is 12.1 Å². The van der Waals surface area contributed by atoms with Crippen LogP contribution < -0.4 is 10.1 Å². The summed E-state index contributed by atoms with van der Waals surface area (Å²) in [5.74, 6) is -0.185. The van der Waals surface area contributed by atoms with Crippen molar-refractivity contribution in [3.05, 3.63) is 58.9 Å². The summed E-state index contributed by atoms with van der Waals surface area (Å²) in [4.78, 5) is 25.5. The van der Waals surface area contributed by atoms with Crippen LogP contribution >= 0.6 is 0 Å². The molecule has 0 saturated carbocycles. The van der Waals surface area contributed by atoms with E-state index in [0.29, 0.717) is 40.5 Å². The Morgan fingerprint density at radius 1 is 1.26 bits per heavy atom. The first kappa shape index (κ1) is 20.3. The molecule has 1 aromatic heterocycles. The molecule has 0 radical (unpaired) electrons. The summed E-state index contributed by atoms with van der Waals surface area (Å²) < 4.78 is 12.2. The SMILES string of the molecule is C=CCn1c(C)c(C(=O)Nc2cc(C)ccc2OC)c(C)c1C(=O)OCC. The molecule has 0 atom stereocenters. The van der Waals surface area contributed by atoms with Crippen molar-refractivity contribution in [3.63, 3.8) is 0 Å². The van der Waals surface area contributed by atoms with Crippen LogP contribution in [0.2, 0.25) is 0 Å². The zero-order valence-electron chi connectivity index (χ0n) is 16.5. The smallest absolute Gasteiger partial charge is 0.355 e. The molecule has 2 aromatic rings. The van der Waals surface area contributed by atoms with Gasteiger partial charge in [-0.3, -0.25) is 4.79 Å².